The molecule has 5 aliphatic rings. The zero-order valence-corrected chi connectivity index (χ0v) is 25.8. The number of allylic oxidation sites excluding steroid dienone is 4. The summed E-state index contributed by atoms with van der Waals surface area (Å²) < 4.78 is 61.3. The number of benzene rings is 1. The van der Waals surface area contributed by atoms with Crippen molar-refractivity contribution in [1.82, 2.24) is 0 Å². The van der Waals surface area contributed by atoms with Crippen molar-refractivity contribution in [3.63, 3.8) is 0 Å². The molecule has 0 N–H and O–H groups in total. The second kappa shape index (κ2) is 11.7. The van der Waals surface area contributed by atoms with E-state index in [2.05, 4.69) is 23.0 Å². The summed E-state index contributed by atoms with van der Waals surface area (Å²) in [5, 5.41) is 0. The maximum Gasteiger partial charge on any atom is 0.457 e. The number of fused-ring (bicyclic) bond motifs is 4. The third kappa shape index (κ3) is 5.63. The van der Waals surface area contributed by atoms with Crippen molar-refractivity contribution in [2.75, 3.05) is 24.6 Å². The van der Waals surface area contributed by atoms with Gasteiger partial charge >= 0.3 is 12.1 Å². The van der Waals surface area contributed by atoms with Gasteiger partial charge in [-0.2, -0.15) is 13.2 Å². The van der Waals surface area contributed by atoms with Crippen molar-refractivity contribution >= 4 is 23.2 Å². The Hall–Kier alpha value is -3.41. The fourth-order valence-corrected chi connectivity index (χ4v) is 9.19. The van der Waals surface area contributed by atoms with Crippen LogP contribution in [0.3, 0.4) is 0 Å². The quantitative estimate of drug-likeness (QED) is 0.197. The first-order valence-corrected chi connectivity index (χ1v) is 16.1. The van der Waals surface area contributed by atoms with Crippen LogP contribution in [0.25, 0.3) is 0 Å². The molecule has 2 saturated carbocycles. The third-order valence-corrected chi connectivity index (χ3v) is 11.3. The number of alkyl halides is 4. The van der Waals surface area contributed by atoms with Gasteiger partial charge in [-0.3, -0.25) is 14.4 Å². The average molecular weight is 626 g/mol. The molecule has 6 rings (SSSR count). The highest BCUT2D eigenvalue weighted by Crippen LogP contribution is 2.67. The van der Waals surface area contributed by atoms with E-state index >= 15 is 4.39 Å². The van der Waals surface area contributed by atoms with Crippen LogP contribution in [0.15, 0.2) is 47.1 Å². The van der Waals surface area contributed by atoms with Crippen LogP contribution >= 0.6 is 0 Å². The Kier molecular flexibility index (Phi) is 8.24. The minimum atomic E-state index is -4.80. The Morgan fingerprint density at radius 1 is 1.09 bits per heavy atom. The van der Waals surface area contributed by atoms with Crippen LogP contribution in [0.1, 0.15) is 83.1 Å². The topological polar surface area (TPSA) is 63.7 Å². The maximum atomic E-state index is 16.1. The van der Waals surface area contributed by atoms with Crippen molar-refractivity contribution in [2.45, 2.75) is 89.9 Å². The Morgan fingerprint density at radius 2 is 1.80 bits per heavy atom. The molecular formula is C36H39F4NO4. The lowest BCUT2D eigenvalue weighted by Crippen LogP contribution is -2.50. The van der Waals surface area contributed by atoms with E-state index in [0.29, 0.717) is 24.8 Å². The number of ether oxygens (including phenoxy) is 1. The molecule has 45 heavy (non-hydrogen) atoms. The Morgan fingerprint density at radius 3 is 2.47 bits per heavy atom. The van der Waals surface area contributed by atoms with E-state index in [1.165, 1.54) is 18.4 Å². The number of hydrogen-bond acceptors (Lipinski definition) is 5. The molecule has 1 aromatic rings. The number of nitrogens with zero attached hydrogens (tertiary/aromatic N) is 1. The zero-order chi connectivity index (χ0) is 32.1. The number of anilines is 1. The van der Waals surface area contributed by atoms with E-state index in [4.69, 9.17) is 4.74 Å². The number of halogens is 4. The molecule has 1 saturated heterocycles. The minimum Gasteiger partial charge on any atom is -0.458 e. The first-order chi connectivity index (χ1) is 21.3. The fraction of sp³-hybridized carbons (Fsp3) is 0.583. The summed E-state index contributed by atoms with van der Waals surface area (Å²) in [6.45, 7) is 4.31. The predicted octanol–water partition coefficient (Wildman–Crippen LogP) is 7.21. The van der Waals surface area contributed by atoms with Crippen molar-refractivity contribution in [1.29, 1.82) is 0 Å². The zero-order valence-electron chi connectivity index (χ0n) is 25.8. The second-order valence-corrected chi connectivity index (χ2v) is 13.6. The highest BCUT2D eigenvalue weighted by Gasteiger charge is 2.64. The molecule has 2 unspecified atom stereocenters. The van der Waals surface area contributed by atoms with Crippen molar-refractivity contribution in [3.8, 4) is 11.8 Å². The molecule has 240 valence electrons. The van der Waals surface area contributed by atoms with Crippen molar-refractivity contribution < 1.29 is 36.7 Å². The Bertz CT molecular complexity index is 1510. The van der Waals surface area contributed by atoms with Gasteiger partial charge in [0.25, 0.3) is 0 Å². The first kappa shape index (κ1) is 31.6. The summed E-state index contributed by atoms with van der Waals surface area (Å²) in [7, 11) is 0. The number of carbonyl (C=O) groups is 3. The molecule has 1 heterocycles. The Labute approximate surface area is 261 Å². The molecule has 6 atom stereocenters. The van der Waals surface area contributed by atoms with Crippen molar-refractivity contribution in [3.05, 3.63) is 52.6 Å². The van der Waals surface area contributed by atoms with E-state index < -0.39 is 41.5 Å². The number of Topliss-reactive ketones (excluding diaryl/α,β-unsaturated/α-hetero) is 1. The molecule has 3 fully saturated rings. The van der Waals surface area contributed by atoms with Gasteiger partial charge in [0.05, 0.1) is 5.41 Å². The molecule has 4 aliphatic carbocycles. The minimum absolute atomic E-state index is 0.0793. The van der Waals surface area contributed by atoms with Crippen LogP contribution in [0.2, 0.25) is 0 Å². The van der Waals surface area contributed by atoms with Gasteiger partial charge < -0.3 is 9.64 Å². The van der Waals surface area contributed by atoms with Gasteiger partial charge in [-0.1, -0.05) is 30.6 Å². The average Bonchev–Trinajstić information content (AvgIpc) is 3.32. The molecule has 0 bridgehead atoms. The Balaban J connectivity index is 1.38. The van der Waals surface area contributed by atoms with Gasteiger partial charge in [-0.15, -0.1) is 0 Å². The van der Waals surface area contributed by atoms with E-state index in [1.54, 1.807) is 0 Å². The molecule has 0 aromatic heterocycles. The molecule has 5 nitrogen and oxygen atoms in total. The number of esters is 1. The van der Waals surface area contributed by atoms with Crippen LogP contribution in [0, 0.1) is 34.5 Å². The predicted molar refractivity (Wildman–Crippen MR) is 161 cm³/mol. The maximum absolute atomic E-state index is 16.1. The highest BCUT2D eigenvalue weighted by molar-refractivity contribution is 5.95. The van der Waals surface area contributed by atoms with Crippen molar-refractivity contribution in [2.24, 2.45) is 22.7 Å². The molecule has 1 aromatic carbocycles. The molecule has 0 spiro atoms. The molecule has 9 heteroatoms. The summed E-state index contributed by atoms with van der Waals surface area (Å²) >= 11 is 0. The second-order valence-electron chi connectivity index (χ2n) is 13.6. The normalized spacial score (nSPS) is 32.9. The SMILES string of the molecule is CC(=O)OCC(=O)[C@@]1(C#CC(F)(F)F)CC[C@H]2[C@@H]3CC(F)C4=CC(=O)CC(c5ccc(N6CCCCC6)cc5)C4=C3CC[C@@]21C. The van der Waals surface area contributed by atoms with E-state index in [9.17, 15) is 27.6 Å². The molecule has 1 aliphatic heterocycles. The lowest BCUT2D eigenvalue weighted by Gasteiger charge is -2.52. The first-order valence-electron chi connectivity index (χ1n) is 16.1. The van der Waals surface area contributed by atoms with Gasteiger partial charge in [0.2, 0.25) is 0 Å². The van der Waals surface area contributed by atoms with Crippen LogP contribution in [0.4, 0.5) is 23.2 Å². The molecule has 0 radical (unpaired) electrons. The highest BCUT2D eigenvalue weighted by atomic mass is 19.4. The van der Waals surface area contributed by atoms with E-state index in [1.807, 2.05) is 19.1 Å². The summed E-state index contributed by atoms with van der Waals surface area (Å²) in [6.07, 6.45) is 0.448. The largest absolute Gasteiger partial charge is 0.458 e. The van der Waals surface area contributed by atoms with Gasteiger partial charge in [-0.25, -0.2) is 4.39 Å². The summed E-state index contributed by atoms with van der Waals surface area (Å²) in [5.41, 5.74) is 1.78. The van der Waals surface area contributed by atoms with Gasteiger partial charge in [0.1, 0.15) is 6.17 Å². The van der Waals surface area contributed by atoms with Crippen LogP contribution in [-0.2, 0) is 19.1 Å². The molecule has 0 amide bonds. The third-order valence-electron chi connectivity index (χ3n) is 11.3. The summed E-state index contributed by atoms with van der Waals surface area (Å²) in [5.74, 6) is 1.36. The van der Waals surface area contributed by atoms with Crippen LogP contribution < -0.4 is 4.90 Å². The number of piperidine rings is 1. The lowest BCUT2D eigenvalue weighted by molar-refractivity contribution is -0.150. The van der Waals surface area contributed by atoms with Gasteiger partial charge in [-0.05, 0) is 104 Å². The number of rotatable bonds is 5. The number of hydrogen-bond donors (Lipinski definition) is 0. The fourth-order valence-electron chi connectivity index (χ4n) is 9.19. The van der Waals surface area contributed by atoms with Crippen LogP contribution in [0.5, 0.6) is 0 Å². The van der Waals surface area contributed by atoms with E-state index in [-0.39, 0.29) is 42.8 Å². The number of carbonyl (C=O) groups excluding carboxylic acids is 3. The summed E-state index contributed by atoms with van der Waals surface area (Å²) in [6, 6.07) is 8.25. The van der Waals surface area contributed by atoms with Crippen LogP contribution in [-0.4, -0.2) is 49.6 Å². The van der Waals surface area contributed by atoms with Gasteiger partial charge in [0, 0.05) is 44.0 Å². The standard InChI is InChI=1S/C36H39F4NO4/c1-22(42)45-21-32(44)35(14-15-36(38,39)40)13-11-30-28-20-31(37)29-19-25(43)18-27(33(29)26(28)10-12-34(30,35)2)23-6-8-24(9-7-23)41-16-4-3-5-17-41/h6-9,19,27-28,30-31H,3-5,10-13,16-18,20-21H2,1-2H3/t27?,28-,30+,31?,34+,35+/m1/s1. The smallest absolute Gasteiger partial charge is 0.457 e. The lowest BCUT2D eigenvalue weighted by atomic mass is 9.50. The summed E-state index contributed by atoms with van der Waals surface area (Å²) in [4.78, 5) is 40.4. The number of ketones is 2. The van der Waals surface area contributed by atoms with E-state index in [0.717, 1.165) is 55.3 Å². The molecular weight excluding hydrogens is 586 g/mol. The van der Waals surface area contributed by atoms with Gasteiger partial charge in [0.15, 0.2) is 18.2 Å². The monoisotopic (exact) mass is 625 g/mol.